The normalized spacial score (nSPS) is 9.50. The van der Waals surface area contributed by atoms with E-state index in [0.29, 0.717) is 11.1 Å². The maximum Gasteiger partial charge on any atom is 0.177 e. The molecule has 0 bridgehead atoms. The SMILES string of the molecule is Cc1cc(C#N)cc(C(=O)CBr)c1O. The average molecular weight is 254 g/mol. The second-order valence-electron chi connectivity index (χ2n) is 2.86. The third kappa shape index (κ3) is 1.94. The lowest BCUT2D eigenvalue weighted by Crippen LogP contribution is -2.02. The molecule has 0 aliphatic rings. The number of benzene rings is 1. The van der Waals surface area contributed by atoms with E-state index < -0.39 is 0 Å². The van der Waals surface area contributed by atoms with Crippen molar-refractivity contribution in [3.05, 3.63) is 28.8 Å². The summed E-state index contributed by atoms with van der Waals surface area (Å²) < 4.78 is 0. The summed E-state index contributed by atoms with van der Waals surface area (Å²) in [4.78, 5) is 11.3. The van der Waals surface area contributed by atoms with Crippen LogP contribution in [-0.2, 0) is 0 Å². The fourth-order valence-electron chi connectivity index (χ4n) is 1.13. The minimum atomic E-state index is -0.234. The van der Waals surface area contributed by atoms with Gasteiger partial charge in [-0.3, -0.25) is 4.79 Å². The van der Waals surface area contributed by atoms with E-state index in [9.17, 15) is 9.90 Å². The molecule has 0 atom stereocenters. The number of phenolic OH excluding ortho intramolecular Hbond substituents is 1. The van der Waals surface area contributed by atoms with Crippen LogP contribution in [0.2, 0.25) is 0 Å². The number of rotatable bonds is 2. The summed E-state index contributed by atoms with van der Waals surface area (Å²) in [6.45, 7) is 1.65. The van der Waals surface area contributed by atoms with E-state index in [4.69, 9.17) is 5.26 Å². The number of ketones is 1. The highest BCUT2D eigenvalue weighted by Crippen LogP contribution is 2.24. The molecule has 0 radical (unpaired) electrons. The zero-order valence-corrected chi connectivity index (χ0v) is 9.13. The standard InChI is InChI=1S/C10H8BrNO2/c1-6-2-7(5-12)3-8(10(6)14)9(13)4-11/h2-3,14H,4H2,1H3. The molecule has 0 aromatic heterocycles. The Balaban J connectivity index is 3.36. The summed E-state index contributed by atoms with van der Waals surface area (Å²) >= 11 is 3.01. The first-order valence-electron chi connectivity index (χ1n) is 3.93. The molecular formula is C10H8BrNO2. The summed E-state index contributed by atoms with van der Waals surface area (Å²) in [6.07, 6.45) is 0. The predicted octanol–water partition coefficient (Wildman–Crippen LogP) is 2.15. The molecule has 0 spiro atoms. The lowest BCUT2D eigenvalue weighted by atomic mass is 10.0. The van der Waals surface area contributed by atoms with Crippen molar-refractivity contribution in [2.24, 2.45) is 0 Å². The number of alkyl halides is 1. The second-order valence-corrected chi connectivity index (χ2v) is 3.42. The molecule has 0 unspecified atom stereocenters. The van der Waals surface area contributed by atoms with Gasteiger partial charge in [0.1, 0.15) is 5.75 Å². The number of hydrogen-bond acceptors (Lipinski definition) is 3. The lowest BCUT2D eigenvalue weighted by molar-refractivity contribution is 0.102. The van der Waals surface area contributed by atoms with Gasteiger partial charge in [0.25, 0.3) is 0 Å². The molecule has 0 aliphatic heterocycles. The largest absolute Gasteiger partial charge is 0.507 e. The number of halogens is 1. The second kappa shape index (κ2) is 4.25. The molecule has 0 fully saturated rings. The van der Waals surface area contributed by atoms with Gasteiger partial charge in [-0.1, -0.05) is 15.9 Å². The number of hydrogen-bond donors (Lipinski definition) is 1. The molecule has 14 heavy (non-hydrogen) atoms. The van der Waals surface area contributed by atoms with Gasteiger partial charge in [0, 0.05) is 0 Å². The van der Waals surface area contributed by atoms with Crippen LogP contribution >= 0.6 is 15.9 Å². The Bertz CT molecular complexity index is 421. The summed E-state index contributed by atoms with van der Waals surface area (Å²) in [6, 6.07) is 4.87. The monoisotopic (exact) mass is 253 g/mol. The van der Waals surface area contributed by atoms with Crippen molar-refractivity contribution < 1.29 is 9.90 Å². The molecule has 1 N–H and O–H groups in total. The van der Waals surface area contributed by atoms with Gasteiger partial charge in [-0.05, 0) is 24.6 Å². The smallest absolute Gasteiger partial charge is 0.177 e. The molecule has 4 heteroatoms. The van der Waals surface area contributed by atoms with E-state index in [1.54, 1.807) is 13.0 Å². The maximum atomic E-state index is 11.3. The first kappa shape index (κ1) is 10.7. The van der Waals surface area contributed by atoms with Crippen molar-refractivity contribution >= 4 is 21.7 Å². The van der Waals surface area contributed by atoms with E-state index in [1.165, 1.54) is 6.07 Å². The fourth-order valence-corrected chi connectivity index (χ4v) is 1.43. The van der Waals surface area contributed by atoms with Crippen molar-refractivity contribution in [1.29, 1.82) is 5.26 Å². The van der Waals surface area contributed by atoms with E-state index in [2.05, 4.69) is 15.9 Å². The third-order valence-electron chi connectivity index (χ3n) is 1.85. The molecule has 3 nitrogen and oxygen atoms in total. The van der Waals surface area contributed by atoms with Crippen LogP contribution in [0.3, 0.4) is 0 Å². The Morgan fingerprint density at radius 3 is 2.79 bits per heavy atom. The fraction of sp³-hybridized carbons (Fsp3) is 0.200. The quantitative estimate of drug-likeness (QED) is 0.649. The van der Waals surface area contributed by atoms with Crippen LogP contribution in [0, 0.1) is 18.3 Å². The number of phenols is 1. The molecule has 0 aliphatic carbocycles. The maximum absolute atomic E-state index is 11.3. The summed E-state index contributed by atoms with van der Waals surface area (Å²) in [5, 5.41) is 18.4. The van der Waals surface area contributed by atoms with Crippen molar-refractivity contribution in [3.63, 3.8) is 0 Å². The van der Waals surface area contributed by atoms with Crippen molar-refractivity contribution in [1.82, 2.24) is 0 Å². The van der Waals surface area contributed by atoms with Crippen LogP contribution in [0.5, 0.6) is 5.75 Å². The molecule has 0 heterocycles. The lowest BCUT2D eigenvalue weighted by Gasteiger charge is -2.05. The topological polar surface area (TPSA) is 61.1 Å². The zero-order valence-electron chi connectivity index (χ0n) is 7.54. The van der Waals surface area contributed by atoms with Gasteiger partial charge in [0.2, 0.25) is 0 Å². The Morgan fingerprint density at radius 1 is 1.64 bits per heavy atom. The molecule has 72 valence electrons. The zero-order chi connectivity index (χ0) is 10.7. The number of aromatic hydroxyl groups is 1. The Hall–Kier alpha value is -1.34. The van der Waals surface area contributed by atoms with E-state index in [1.807, 2.05) is 6.07 Å². The van der Waals surface area contributed by atoms with E-state index in [-0.39, 0.29) is 22.4 Å². The Labute approximate surface area is 90.1 Å². The van der Waals surface area contributed by atoms with Crippen LogP contribution in [0.4, 0.5) is 0 Å². The van der Waals surface area contributed by atoms with Crippen molar-refractivity contribution in [3.8, 4) is 11.8 Å². The molecular weight excluding hydrogens is 246 g/mol. The number of carbonyl (C=O) groups is 1. The summed E-state index contributed by atoms with van der Waals surface area (Å²) in [7, 11) is 0. The van der Waals surface area contributed by atoms with Gasteiger partial charge in [-0.25, -0.2) is 0 Å². The van der Waals surface area contributed by atoms with E-state index >= 15 is 0 Å². The van der Waals surface area contributed by atoms with Gasteiger partial charge in [-0.2, -0.15) is 5.26 Å². The van der Waals surface area contributed by atoms with Crippen molar-refractivity contribution in [2.45, 2.75) is 6.92 Å². The van der Waals surface area contributed by atoms with Crippen LogP contribution in [0.1, 0.15) is 21.5 Å². The minimum Gasteiger partial charge on any atom is -0.507 e. The number of nitrogens with zero attached hydrogens (tertiary/aromatic N) is 1. The molecule has 1 aromatic rings. The first-order chi connectivity index (χ1) is 6.60. The minimum absolute atomic E-state index is 0.0477. The Kier molecular flexibility index (Phi) is 3.26. The molecule has 0 saturated heterocycles. The van der Waals surface area contributed by atoms with E-state index in [0.717, 1.165) is 0 Å². The number of Topliss-reactive ketones (excluding diaryl/α,β-unsaturated/α-hetero) is 1. The van der Waals surface area contributed by atoms with Crippen LogP contribution in [0.25, 0.3) is 0 Å². The van der Waals surface area contributed by atoms with Crippen LogP contribution < -0.4 is 0 Å². The van der Waals surface area contributed by atoms with Gasteiger partial charge in [0.15, 0.2) is 5.78 Å². The van der Waals surface area contributed by atoms with Crippen molar-refractivity contribution in [2.75, 3.05) is 5.33 Å². The average Bonchev–Trinajstić information content (AvgIpc) is 2.20. The number of nitriles is 1. The molecule has 0 saturated carbocycles. The molecule has 1 rings (SSSR count). The summed E-state index contributed by atoms with van der Waals surface area (Å²) in [5.74, 6) is -0.281. The van der Waals surface area contributed by atoms with Crippen LogP contribution in [-0.4, -0.2) is 16.2 Å². The third-order valence-corrected chi connectivity index (χ3v) is 2.36. The van der Waals surface area contributed by atoms with Gasteiger partial charge < -0.3 is 5.11 Å². The highest BCUT2D eigenvalue weighted by molar-refractivity contribution is 9.09. The Morgan fingerprint density at radius 2 is 2.29 bits per heavy atom. The van der Waals surface area contributed by atoms with Crippen LogP contribution in [0.15, 0.2) is 12.1 Å². The molecule has 0 amide bonds. The summed E-state index contributed by atoms with van der Waals surface area (Å²) in [5.41, 5.74) is 1.11. The first-order valence-corrected chi connectivity index (χ1v) is 5.05. The highest BCUT2D eigenvalue weighted by Gasteiger charge is 2.13. The van der Waals surface area contributed by atoms with Gasteiger partial charge in [0.05, 0.1) is 22.5 Å². The number of carbonyl (C=O) groups excluding carboxylic acids is 1. The van der Waals surface area contributed by atoms with Gasteiger partial charge >= 0.3 is 0 Å². The highest BCUT2D eigenvalue weighted by atomic mass is 79.9. The predicted molar refractivity (Wildman–Crippen MR) is 55.7 cm³/mol. The van der Waals surface area contributed by atoms with Gasteiger partial charge in [-0.15, -0.1) is 0 Å². The number of aryl methyl sites for hydroxylation is 1. The molecule has 1 aromatic carbocycles.